The van der Waals surface area contributed by atoms with Crippen molar-refractivity contribution in [2.24, 2.45) is 0 Å². The molecule has 0 radical (unpaired) electrons. The molecule has 4 heteroatoms. The van der Waals surface area contributed by atoms with Crippen molar-refractivity contribution in [1.82, 2.24) is 5.32 Å². The second-order valence-corrected chi connectivity index (χ2v) is 7.80. The van der Waals surface area contributed by atoms with Crippen molar-refractivity contribution < 1.29 is 9.21 Å². The fourth-order valence-electron chi connectivity index (χ4n) is 3.01. The molecule has 0 unspecified atom stereocenters. The molecule has 0 aliphatic rings. The fourth-order valence-corrected chi connectivity index (χ4v) is 4.05. The van der Waals surface area contributed by atoms with Crippen LogP contribution in [0.25, 0.3) is 0 Å². The molecule has 0 fully saturated rings. The van der Waals surface area contributed by atoms with Crippen LogP contribution in [0.2, 0.25) is 0 Å². The summed E-state index contributed by atoms with van der Waals surface area (Å²) in [6.45, 7) is 8.88. The number of furan rings is 1. The lowest BCUT2D eigenvalue weighted by Crippen LogP contribution is -2.22. The predicted molar refractivity (Wildman–Crippen MR) is 111 cm³/mol. The molecule has 0 aliphatic carbocycles. The summed E-state index contributed by atoms with van der Waals surface area (Å²) in [5.74, 6) is 1.69. The minimum atomic E-state index is -0.181. The number of nitrogens with one attached hydrogen (secondary N) is 1. The van der Waals surface area contributed by atoms with E-state index < -0.39 is 0 Å². The summed E-state index contributed by atoms with van der Waals surface area (Å²) >= 11 is 1.74. The van der Waals surface area contributed by atoms with Gasteiger partial charge in [-0.15, -0.1) is 11.8 Å². The Kier molecular flexibility index (Phi) is 6.07. The number of amides is 1. The topological polar surface area (TPSA) is 42.2 Å². The van der Waals surface area contributed by atoms with Crippen LogP contribution in [-0.4, -0.2) is 5.91 Å². The van der Waals surface area contributed by atoms with Crippen molar-refractivity contribution >= 4 is 17.7 Å². The van der Waals surface area contributed by atoms with Gasteiger partial charge in [-0.05, 0) is 67.6 Å². The van der Waals surface area contributed by atoms with Crippen LogP contribution in [0, 0.1) is 27.7 Å². The number of carbonyl (C=O) groups is 1. The summed E-state index contributed by atoms with van der Waals surface area (Å²) < 4.78 is 5.76. The first-order valence-corrected chi connectivity index (χ1v) is 10.1. The maximum Gasteiger partial charge on any atom is 0.287 e. The number of thioether (sulfide) groups is 1. The molecule has 3 rings (SSSR count). The summed E-state index contributed by atoms with van der Waals surface area (Å²) in [7, 11) is 0. The molecule has 1 heterocycles. The molecule has 27 heavy (non-hydrogen) atoms. The molecule has 1 aromatic heterocycles. The van der Waals surface area contributed by atoms with Gasteiger partial charge >= 0.3 is 0 Å². The smallest absolute Gasteiger partial charge is 0.287 e. The highest BCUT2D eigenvalue weighted by Crippen LogP contribution is 2.29. The minimum Gasteiger partial charge on any atom is -0.455 e. The quantitative estimate of drug-likeness (QED) is 0.556. The Bertz CT molecular complexity index is 939. The Hall–Kier alpha value is -2.46. The Morgan fingerprint density at radius 2 is 1.59 bits per heavy atom. The minimum absolute atomic E-state index is 0.181. The van der Waals surface area contributed by atoms with Crippen LogP contribution < -0.4 is 5.32 Å². The molecule has 1 amide bonds. The summed E-state index contributed by atoms with van der Waals surface area (Å²) in [5.41, 5.74) is 6.09. The zero-order valence-corrected chi connectivity index (χ0v) is 17.1. The van der Waals surface area contributed by atoms with Gasteiger partial charge < -0.3 is 9.73 Å². The lowest BCUT2D eigenvalue weighted by Gasteiger charge is -2.09. The van der Waals surface area contributed by atoms with E-state index in [-0.39, 0.29) is 5.91 Å². The largest absolute Gasteiger partial charge is 0.455 e. The van der Waals surface area contributed by atoms with E-state index in [1.165, 1.54) is 27.1 Å². The molecular formula is C23H25NO2S. The van der Waals surface area contributed by atoms with Crippen molar-refractivity contribution in [2.75, 3.05) is 0 Å². The van der Waals surface area contributed by atoms with Gasteiger partial charge in [0.25, 0.3) is 5.91 Å². The van der Waals surface area contributed by atoms with Gasteiger partial charge in [0.1, 0.15) is 5.76 Å². The molecule has 0 atom stereocenters. The van der Waals surface area contributed by atoms with E-state index in [1.807, 2.05) is 18.2 Å². The van der Waals surface area contributed by atoms with E-state index in [2.05, 4.69) is 57.3 Å². The summed E-state index contributed by atoms with van der Waals surface area (Å²) in [5, 5.41) is 2.95. The molecule has 0 saturated carbocycles. The number of carbonyl (C=O) groups excluding carboxylic acids is 1. The van der Waals surface area contributed by atoms with Crippen LogP contribution in [0.1, 0.15) is 44.1 Å². The van der Waals surface area contributed by atoms with Crippen LogP contribution in [-0.2, 0) is 12.3 Å². The Balaban J connectivity index is 1.60. The van der Waals surface area contributed by atoms with Crippen LogP contribution >= 0.6 is 11.8 Å². The molecule has 0 spiro atoms. The summed E-state index contributed by atoms with van der Waals surface area (Å²) in [6.07, 6.45) is 0. The lowest BCUT2D eigenvalue weighted by atomic mass is 10.0. The first-order valence-electron chi connectivity index (χ1n) is 9.06. The molecular weight excluding hydrogens is 354 g/mol. The molecule has 3 nitrogen and oxygen atoms in total. The second kappa shape index (κ2) is 8.49. The monoisotopic (exact) mass is 379 g/mol. The normalized spacial score (nSPS) is 10.8. The maximum atomic E-state index is 12.4. The zero-order chi connectivity index (χ0) is 19.4. The van der Waals surface area contributed by atoms with E-state index in [9.17, 15) is 4.79 Å². The highest BCUT2D eigenvalue weighted by Gasteiger charge is 2.13. The van der Waals surface area contributed by atoms with E-state index >= 15 is 0 Å². The Labute approximate surface area is 165 Å². The van der Waals surface area contributed by atoms with E-state index in [0.29, 0.717) is 18.1 Å². The van der Waals surface area contributed by atoms with Crippen molar-refractivity contribution in [3.05, 3.63) is 87.9 Å². The molecule has 3 aromatic rings. The first-order chi connectivity index (χ1) is 13.0. The average Bonchev–Trinajstić information content (AvgIpc) is 3.11. The lowest BCUT2D eigenvalue weighted by molar-refractivity contribution is 0.0921. The van der Waals surface area contributed by atoms with E-state index in [4.69, 9.17) is 4.42 Å². The van der Waals surface area contributed by atoms with Gasteiger partial charge in [-0.3, -0.25) is 4.79 Å². The number of aryl methyl sites for hydroxylation is 3. The van der Waals surface area contributed by atoms with Gasteiger partial charge in [0.05, 0.1) is 5.75 Å². The standard InChI is InChI=1S/C23H25NO2S/c1-15-7-6-10-19(18(15)4)13-24-23(25)21-12-11-20(26-21)14-27-22-16(2)8-5-9-17(22)3/h5-12H,13-14H2,1-4H3,(H,24,25). The molecule has 0 bridgehead atoms. The van der Waals surface area contributed by atoms with Gasteiger partial charge in [-0.1, -0.05) is 36.4 Å². The number of benzene rings is 2. The summed E-state index contributed by atoms with van der Waals surface area (Å²) in [4.78, 5) is 13.7. The SMILES string of the molecule is Cc1cccc(CNC(=O)c2ccc(CSc3c(C)cccc3C)o2)c1C. The van der Waals surface area contributed by atoms with Crippen molar-refractivity contribution in [2.45, 2.75) is 44.9 Å². The maximum absolute atomic E-state index is 12.4. The van der Waals surface area contributed by atoms with Gasteiger partial charge in [0.2, 0.25) is 0 Å². The fraction of sp³-hybridized carbons (Fsp3) is 0.261. The van der Waals surface area contributed by atoms with E-state index in [1.54, 1.807) is 17.8 Å². The van der Waals surface area contributed by atoms with Crippen molar-refractivity contribution in [3.63, 3.8) is 0 Å². The summed E-state index contributed by atoms with van der Waals surface area (Å²) in [6, 6.07) is 16.1. The molecule has 140 valence electrons. The van der Waals surface area contributed by atoms with Gasteiger partial charge in [-0.25, -0.2) is 0 Å². The Morgan fingerprint density at radius 3 is 2.33 bits per heavy atom. The second-order valence-electron chi connectivity index (χ2n) is 6.82. The molecule has 0 aliphatic heterocycles. The predicted octanol–water partition coefficient (Wildman–Crippen LogP) is 5.74. The Morgan fingerprint density at radius 1 is 0.926 bits per heavy atom. The highest BCUT2D eigenvalue weighted by atomic mass is 32.2. The molecule has 0 saturated heterocycles. The molecule has 1 N–H and O–H groups in total. The highest BCUT2D eigenvalue weighted by molar-refractivity contribution is 7.98. The number of hydrogen-bond acceptors (Lipinski definition) is 3. The van der Waals surface area contributed by atoms with Crippen LogP contribution in [0.15, 0.2) is 57.8 Å². The third-order valence-electron chi connectivity index (χ3n) is 4.81. The van der Waals surface area contributed by atoms with E-state index in [0.717, 1.165) is 11.3 Å². The van der Waals surface area contributed by atoms with Gasteiger partial charge in [-0.2, -0.15) is 0 Å². The van der Waals surface area contributed by atoms with Crippen LogP contribution in [0.5, 0.6) is 0 Å². The third kappa shape index (κ3) is 4.64. The first kappa shape index (κ1) is 19.3. The number of rotatable bonds is 6. The van der Waals surface area contributed by atoms with Crippen LogP contribution in [0.3, 0.4) is 0 Å². The zero-order valence-electron chi connectivity index (χ0n) is 16.3. The van der Waals surface area contributed by atoms with Crippen LogP contribution in [0.4, 0.5) is 0 Å². The van der Waals surface area contributed by atoms with Gasteiger partial charge in [0, 0.05) is 11.4 Å². The third-order valence-corrected chi connectivity index (χ3v) is 6.17. The average molecular weight is 380 g/mol. The molecule has 2 aromatic carbocycles. The number of hydrogen-bond donors (Lipinski definition) is 1. The van der Waals surface area contributed by atoms with Gasteiger partial charge in [0.15, 0.2) is 5.76 Å². The van der Waals surface area contributed by atoms with Crippen molar-refractivity contribution in [3.8, 4) is 0 Å². The van der Waals surface area contributed by atoms with Crippen molar-refractivity contribution in [1.29, 1.82) is 0 Å².